The lowest BCUT2D eigenvalue weighted by atomic mass is 9.77. The maximum atomic E-state index is 12.4. The Labute approximate surface area is 206 Å². The van der Waals surface area contributed by atoms with Crippen LogP contribution in [0.1, 0.15) is 111 Å². The molecular formula is C26H50O8. The molecule has 0 aromatic carbocycles. The second-order valence-corrected chi connectivity index (χ2v) is 9.07. The van der Waals surface area contributed by atoms with Crippen molar-refractivity contribution in [1.82, 2.24) is 0 Å². The minimum Gasteiger partial charge on any atom is -0.481 e. The van der Waals surface area contributed by atoms with E-state index in [1.54, 1.807) is 0 Å². The highest BCUT2D eigenvalue weighted by Gasteiger charge is 2.37. The topological polar surface area (TPSA) is 112 Å². The summed E-state index contributed by atoms with van der Waals surface area (Å²) < 4.78 is 22.8. The van der Waals surface area contributed by atoms with Gasteiger partial charge in [-0.3, -0.25) is 9.59 Å². The summed E-state index contributed by atoms with van der Waals surface area (Å²) in [6, 6.07) is 0. The van der Waals surface area contributed by atoms with Gasteiger partial charge in [0.1, 0.15) is 0 Å². The largest absolute Gasteiger partial charge is 0.481 e. The molecule has 202 valence electrons. The van der Waals surface area contributed by atoms with Crippen LogP contribution in [0, 0.1) is 5.41 Å². The van der Waals surface area contributed by atoms with Crippen LogP contribution in [0.15, 0.2) is 0 Å². The fourth-order valence-corrected chi connectivity index (χ4v) is 3.69. The minimum absolute atomic E-state index is 0.185. The summed E-state index contributed by atoms with van der Waals surface area (Å²) in [4.78, 5) is 23.0. The van der Waals surface area contributed by atoms with Crippen molar-refractivity contribution in [2.24, 2.45) is 5.41 Å². The van der Waals surface area contributed by atoms with Gasteiger partial charge in [-0.05, 0) is 52.4 Å². The van der Waals surface area contributed by atoms with E-state index >= 15 is 0 Å². The van der Waals surface area contributed by atoms with Gasteiger partial charge in [-0.2, -0.15) is 0 Å². The lowest BCUT2D eigenvalue weighted by Gasteiger charge is -2.30. The highest BCUT2D eigenvalue weighted by molar-refractivity contribution is 5.74. The smallest absolute Gasteiger partial charge is 0.309 e. The van der Waals surface area contributed by atoms with E-state index in [-0.39, 0.29) is 19.0 Å². The van der Waals surface area contributed by atoms with E-state index in [0.29, 0.717) is 52.1 Å². The van der Waals surface area contributed by atoms with Gasteiger partial charge in [0.2, 0.25) is 0 Å². The molecule has 0 aliphatic heterocycles. The van der Waals surface area contributed by atoms with Gasteiger partial charge in [0.25, 0.3) is 0 Å². The summed E-state index contributed by atoms with van der Waals surface area (Å²) >= 11 is 0. The number of rotatable bonds is 25. The van der Waals surface area contributed by atoms with Crippen LogP contribution in [0.5, 0.6) is 0 Å². The molecule has 0 heterocycles. The minimum atomic E-state index is -0.937. The van der Waals surface area contributed by atoms with Gasteiger partial charge in [-0.15, -0.1) is 0 Å². The van der Waals surface area contributed by atoms with Gasteiger partial charge in [0.05, 0.1) is 18.6 Å². The summed E-state index contributed by atoms with van der Waals surface area (Å²) in [5, 5.41) is 18.9. The fourth-order valence-electron chi connectivity index (χ4n) is 3.69. The van der Waals surface area contributed by atoms with Crippen LogP contribution in [0.4, 0.5) is 0 Å². The first-order valence-corrected chi connectivity index (χ1v) is 13.2. The molecule has 0 aliphatic carbocycles. The van der Waals surface area contributed by atoms with E-state index in [0.717, 1.165) is 51.4 Å². The van der Waals surface area contributed by atoms with E-state index in [1.807, 2.05) is 13.8 Å². The van der Waals surface area contributed by atoms with Crippen LogP contribution in [-0.4, -0.2) is 61.2 Å². The molecule has 0 saturated heterocycles. The van der Waals surface area contributed by atoms with Crippen LogP contribution in [-0.2, 0) is 28.5 Å². The lowest BCUT2D eigenvalue weighted by Crippen LogP contribution is -2.35. The average molecular weight is 491 g/mol. The van der Waals surface area contributed by atoms with E-state index in [4.69, 9.17) is 24.1 Å². The Bertz CT molecular complexity index is 489. The monoisotopic (exact) mass is 490 g/mol. The van der Waals surface area contributed by atoms with Crippen molar-refractivity contribution in [3.8, 4) is 0 Å². The third kappa shape index (κ3) is 17.2. The van der Waals surface area contributed by atoms with Crippen molar-refractivity contribution in [1.29, 1.82) is 0 Å². The van der Waals surface area contributed by atoms with Crippen LogP contribution in [0.3, 0.4) is 0 Å². The van der Waals surface area contributed by atoms with Crippen molar-refractivity contribution < 1.29 is 38.7 Å². The maximum Gasteiger partial charge on any atom is 0.309 e. The number of carboxylic acid groups (broad SMARTS) is 2. The van der Waals surface area contributed by atoms with Gasteiger partial charge < -0.3 is 29.2 Å². The van der Waals surface area contributed by atoms with Crippen molar-refractivity contribution in [2.75, 3.05) is 26.4 Å². The van der Waals surface area contributed by atoms with Crippen LogP contribution < -0.4 is 0 Å². The van der Waals surface area contributed by atoms with Crippen molar-refractivity contribution in [3.05, 3.63) is 0 Å². The van der Waals surface area contributed by atoms with Crippen LogP contribution in [0.2, 0.25) is 0 Å². The van der Waals surface area contributed by atoms with Gasteiger partial charge in [0.15, 0.2) is 12.6 Å². The maximum absolute atomic E-state index is 12.4. The number of unbranched alkanes of at least 4 members (excludes halogenated alkanes) is 6. The molecule has 2 atom stereocenters. The first-order chi connectivity index (χ1) is 16.3. The Morgan fingerprint density at radius 1 is 0.647 bits per heavy atom. The number of hydrogen-bond donors (Lipinski definition) is 2. The molecule has 0 saturated carbocycles. The molecule has 0 amide bonds. The van der Waals surface area contributed by atoms with E-state index in [1.165, 1.54) is 0 Å². The molecule has 0 radical (unpaired) electrons. The highest BCUT2D eigenvalue weighted by atomic mass is 16.7. The molecule has 0 bridgehead atoms. The zero-order chi connectivity index (χ0) is 25.7. The SMILES string of the molecule is CCCCOC(C)OCCC(CCCCCCCC(=O)O)(CCOC(C)OCCCC)C(=O)O. The third-order valence-corrected chi connectivity index (χ3v) is 6.07. The van der Waals surface area contributed by atoms with Gasteiger partial charge in [0, 0.05) is 19.6 Å². The summed E-state index contributed by atoms with van der Waals surface area (Å²) in [7, 11) is 0. The average Bonchev–Trinajstić information content (AvgIpc) is 2.78. The molecule has 0 aromatic heterocycles. The number of aliphatic carboxylic acids is 2. The summed E-state index contributed by atoms with van der Waals surface area (Å²) in [5.41, 5.74) is -0.937. The number of carboxylic acids is 2. The Balaban J connectivity index is 4.75. The predicted molar refractivity (Wildman–Crippen MR) is 132 cm³/mol. The second-order valence-electron chi connectivity index (χ2n) is 9.07. The number of carbonyl (C=O) groups is 2. The molecule has 8 heteroatoms. The number of hydrogen-bond acceptors (Lipinski definition) is 6. The summed E-state index contributed by atoms with van der Waals surface area (Å²) in [5.74, 6) is -1.60. The quantitative estimate of drug-likeness (QED) is 0.118. The van der Waals surface area contributed by atoms with Crippen molar-refractivity contribution in [2.45, 2.75) is 124 Å². The predicted octanol–water partition coefficient (Wildman–Crippen LogP) is 6.01. The second kappa shape index (κ2) is 21.1. The Hall–Kier alpha value is -1.22. The molecule has 2 unspecified atom stereocenters. The molecule has 0 spiro atoms. The lowest BCUT2D eigenvalue weighted by molar-refractivity contribution is -0.165. The van der Waals surface area contributed by atoms with Crippen molar-refractivity contribution in [3.63, 3.8) is 0 Å². The third-order valence-electron chi connectivity index (χ3n) is 6.07. The summed E-state index contributed by atoms with van der Waals surface area (Å²) in [6.45, 7) is 9.75. The van der Waals surface area contributed by atoms with E-state index in [9.17, 15) is 14.7 Å². The molecule has 0 aromatic rings. The van der Waals surface area contributed by atoms with E-state index in [2.05, 4.69) is 13.8 Å². The Morgan fingerprint density at radius 3 is 1.53 bits per heavy atom. The van der Waals surface area contributed by atoms with Crippen LogP contribution >= 0.6 is 0 Å². The number of ether oxygens (including phenoxy) is 4. The first-order valence-electron chi connectivity index (χ1n) is 13.2. The van der Waals surface area contributed by atoms with Gasteiger partial charge in [-0.25, -0.2) is 0 Å². The normalized spacial score (nSPS) is 15.1. The van der Waals surface area contributed by atoms with Crippen molar-refractivity contribution >= 4 is 11.9 Å². The first kappa shape index (κ1) is 32.8. The highest BCUT2D eigenvalue weighted by Crippen LogP contribution is 2.34. The van der Waals surface area contributed by atoms with Gasteiger partial charge >= 0.3 is 11.9 Å². The zero-order valence-corrected chi connectivity index (χ0v) is 22.0. The summed E-state index contributed by atoms with van der Waals surface area (Å²) in [6.07, 6.45) is 8.84. The van der Waals surface area contributed by atoms with Gasteiger partial charge in [-0.1, -0.05) is 52.4 Å². The Morgan fingerprint density at radius 2 is 1.09 bits per heavy atom. The molecule has 34 heavy (non-hydrogen) atoms. The Kier molecular flexibility index (Phi) is 20.3. The molecular weight excluding hydrogens is 440 g/mol. The molecule has 8 nitrogen and oxygen atoms in total. The zero-order valence-electron chi connectivity index (χ0n) is 22.0. The molecule has 0 fully saturated rings. The molecule has 0 aliphatic rings. The van der Waals surface area contributed by atoms with E-state index < -0.39 is 17.4 Å². The molecule has 0 rings (SSSR count). The molecule has 2 N–H and O–H groups in total. The standard InChI is InChI=1S/C26H50O8/c1-5-7-18-31-22(3)33-20-16-26(25(29)30,15-13-11-9-10-12-14-24(27)28)17-21-34-23(4)32-19-8-6-2/h22-23H,5-21H2,1-4H3,(H,27,28)(H,29,30). The fraction of sp³-hybridized carbons (Fsp3) is 0.923. The van der Waals surface area contributed by atoms with Crippen LogP contribution in [0.25, 0.3) is 0 Å².